The fourth-order valence-electron chi connectivity index (χ4n) is 3.41. The van der Waals surface area contributed by atoms with Gasteiger partial charge in [0.05, 0.1) is 5.69 Å². The standard InChI is InChI=1S/C17H32N4/c1-5-20-10-6-8-17(13-20)16(4)18-9-7-11-21-15(3)12-14(2)19-21/h12,16-18H,5-11,13H2,1-4H3. The highest BCUT2D eigenvalue weighted by atomic mass is 15.3. The van der Waals surface area contributed by atoms with Crippen molar-refractivity contribution in [2.45, 2.75) is 59.5 Å². The molecule has 120 valence electrons. The minimum absolute atomic E-state index is 0.625. The SMILES string of the molecule is CCN1CCCC(C(C)NCCCn2nc(C)cc2C)C1. The van der Waals surface area contributed by atoms with Crippen molar-refractivity contribution in [3.05, 3.63) is 17.5 Å². The van der Waals surface area contributed by atoms with E-state index < -0.39 is 0 Å². The van der Waals surface area contributed by atoms with Crippen molar-refractivity contribution in [3.63, 3.8) is 0 Å². The second kappa shape index (κ2) is 7.95. The molecular weight excluding hydrogens is 260 g/mol. The molecule has 1 saturated heterocycles. The van der Waals surface area contributed by atoms with Crippen molar-refractivity contribution in [2.24, 2.45) is 5.92 Å². The van der Waals surface area contributed by atoms with E-state index in [4.69, 9.17) is 0 Å². The molecule has 0 aliphatic carbocycles. The molecule has 4 heteroatoms. The van der Waals surface area contributed by atoms with Crippen LogP contribution in [-0.2, 0) is 6.54 Å². The topological polar surface area (TPSA) is 33.1 Å². The molecule has 21 heavy (non-hydrogen) atoms. The monoisotopic (exact) mass is 292 g/mol. The van der Waals surface area contributed by atoms with Crippen molar-refractivity contribution < 1.29 is 0 Å². The normalized spacial score (nSPS) is 21.6. The van der Waals surface area contributed by atoms with E-state index in [1.54, 1.807) is 0 Å². The molecule has 2 rings (SSSR count). The quantitative estimate of drug-likeness (QED) is 0.784. The molecular formula is C17H32N4. The van der Waals surface area contributed by atoms with Crippen LogP contribution >= 0.6 is 0 Å². The Balaban J connectivity index is 1.67. The van der Waals surface area contributed by atoms with Crippen molar-refractivity contribution in [1.82, 2.24) is 20.0 Å². The lowest BCUT2D eigenvalue weighted by atomic mass is 9.91. The van der Waals surface area contributed by atoms with E-state index in [0.717, 1.165) is 31.1 Å². The van der Waals surface area contributed by atoms with Gasteiger partial charge >= 0.3 is 0 Å². The van der Waals surface area contributed by atoms with Crippen LogP contribution in [0.3, 0.4) is 0 Å². The highest BCUT2D eigenvalue weighted by Crippen LogP contribution is 2.19. The smallest absolute Gasteiger partial charge is 0.0596 e. The van der Waals surface area contributed by atoms with Crippen molar-refractivity contribution in [1.29, 1.82) is 0 Å². The van der Waals surface area contributed by atoms with Gasteiger partial charge in [-0.05, 0) is 71.7 Å². The number of nitrogens with zero attached hydrogens (tertiary/aromatic N) is 3. The summed E-state index contributed by atoms with van der Waals surface area (Å²) in [6.07, 6.45) is 3.88. The third-order valence-electron chi connectivity index (χ3n) is 4.81. The van der Waals surface area contributed by atoms with Gasteiger partial charge in [0.2, 0.25) is 0 Å². The number of rotatable bonds is 7. The Morgan fingerprint density at radius 1 is 1.43 bits per heavy atom. The second-order valence-corrected chi connectivity index (χ2v) is 6.54. The Morgan fingerprint density at radius 3 is 2.90 bits per heavy atom. The van der Waals surface area contributed by atoms with Crippen LogP contribution < -0.4 is 5.32 Å². The zero-order valence-electron chi connectivity index (χ0n) is 14.2. The van der Waals surface area contributed by atoms with Crippen molar-refractivity contribution >= 4 is 0 Å². The Hall–Kier alpha value is -0.870. The summed E-state index contributed by atoms with van der Waals surface area (Å²) in [6.45, 7) is 14.7. The molecule has 0 spiro atoms. The van der Waals surface area contributed by atoms with E-state index in [-0.39, 0.29) is 0 Å². The largest absolute Gasteiger partial charge is 0.314 e. The summed E-state index contributed by atoms with van der Waals surface area (Å²) < 4.78 is 2.13. The predicted octanol–water partition coefficient (Wildman–Crippen LogP) is 2.60. The first-order valence-electron chi connectivity index (χ1n) is 8.57. The summed E-state index contributed by atoms with van der Waals surface area (Å²) in [4.78, 5) is 2.59. The van der Waals surface area contributed by atoms with Crippen LogP contribution in [0, 0.1) is 19.8 Å². The molecule has 1 aromatic rings. The molecule has 1 aliphatic heterocycles. The first kappa shape index (κ1) is 16.5. The third kappa shape index (κ3) is 4.82. The summed E-state index contributed by atoms with van der Waals surface area (Å²) in [6, 6.07) is 2.78. The lowest BCUT2D eigenvalue weighted by Gasteiger charge is -2.35. The van der Waals surface area contributed by atoms with E-state index in [1.165, 1.54) is 38.2 Å². The van der Waals surface area contributed by atoms with Crippen molar-refractivity contribution in [3.8, 4) is 0 Å². The van der Waals surface area contributed by atoms with Crippen LogP contribution in [0.25, 0.3) is 0 Å². The Labute approximate surface area is 129 Å². The van der Waals surface area contributed by atoms with Crippen LogP contribution in [-0.4, -0.2) is 46.9 Å². The highest BCUT2D eigenvalue weighted by Gasteiger charge is 2.23. The molecule has 1 N–H and O–H groups in total. The van der Waals surface area contributed by atoms with Gasteiger partial charge < -0.3 is 10.2 Å². The van der Waals surface area contributed by atoms with Crippen LogP contribution in [0.15, 0.2) is 6.07 Å². The molecule has 4 nitrogen and oxygen atoms in total. The van der Waals surface area contributed by atoms with Gasteiger partial charge in [0.1, 0.15) is 0 Å². The van der Waals surface area contributed by atoms with Gasteiger partial charge in [-0.3, -0.25) is 4.68 Å². The van der Waals surface area contributed by atoms with Crippen LogP contribution in [0.5, 0.6) is 0 Å². The number of nitrogens with one attached hydrogen (secondary N) is 1. The Kier molecular flexibility index (Phi) is 6.24. The average molecular weight is 292 g/mol. The van der Waals surface area contributed by atoms with Gasteiger partial charge in [0.25, 0.3) is 0 Å². The minimum atomic E-state index is 0.625. The molecule has 2 atom stereocenters. The van der Waals surface area contributed by atoms with Crippen LogP contribution in [0.1, 0.15) is 44.5 Å². The lowest BCUT2D eigenvalue weighted by molar-refractivity contribution is 0.157. The predicted molar refractivity (Wildman–Crippen MR) is 88.6 cm³/mol. The van der Waals surface area contributed by atoms with E-state index >= 15 is 0 Å². The van der Waals surface area contributed by atoms with Crippen LogP contribution in [0.2, 0.25) is 0 Å². The Morgan fingerprint density at radius 2 is 2.24 bits per heavy atom. The molecule has 1 fully saturated rings. The zero-order valence-corrected chi connectivity index (χ0v) is 14.2. The van der Waals surface area contributed by atoms with Gasteiger partial charge in [-0.15, -0.1) is 0 Å². The molecule has 0 aromatic carbocycles. The van der Waals surface area contributed by atoms with Gasteiger partial charge in [-0.1, -0.05) is 6.92 Å². The van der Waals surface area contributed by atoms with Gasteiger partial charge in [-0.25, -0.2) is 0 Å². The summed E-state index contributed by atoms with van der Waals surface area (Å²) in [5.74, 6) is 0.812. The summed E-state index contributed by atoms with van der Waals surface area (Å²) in [7, 11) is 0. The van der Waals surface area contributed by atoms with Crippen LogP contribution in [0.4, 0.5) is 0 Å². The first-order valence-corrected chi connectivity index (χ1v) is 8.57. The summed E-state index contributed by atoms with van der Waals surface area (Å²) in [5, 5.41) is 8.25. The van der Waals surface area contributed by atoms with E-state index in [9.17, 15) is 0 Å². The van der Waals surface area contributed by atoms with Gasteiger partial charge in [-0.2, -0.15) is 5.10 Å². The molecule has 2 heterocycles. The number of hydrogen-bond donors (Lipinski definition) is 1. The summed E-state index contributed by atoms with van der Waals surface area (Å²) >= 11 is 0. The molecule has 0 saturated carbocycles. The average Bonchev–Trinajstić information content (AvgIpc) is 2.81. The fourth-order valence-corrected chi connectivity index (χ4v) is 3.41. The molecule has 0 bridgehead atoms. The first-order chi connectivity index (χ1) is 10.1. The summed E-state index contributed by atoms with van der Waals surface area (Å²) in [5.41, 5.74) is 2.39. The number of aromatic nitrogens is 2. The van der Waals surface area contributed by atoms with E-state index in [1.807, 2.05) is 0 Å². The van der Waals surface area contributed by atoms with E-state index in [2.05, 4.69) is 53.8 Å². The second-order valence-electron chi connectivity index (χ2n) is 6.54. The number of hydrogen-bond acceptors (Lipinski definition) is 3. The Bertz CT molecular complexity index is 426. The molecule has 1 aromatic heterocycles. The van der Waals surface area contributed by atoms with Gasteiger partial charge in [0.15, 0.2) is 0 Å². The number of piperidine rings is 1. The van der Waals surface area contributed by atoms with Gasteiger partial charge in [0, 0.05) is 24.8 Å². The highest BCUT2D eigenvalue weighted by molar-refractivity contribution is 5.06. The minimum Gasteiger partial charge on any atom is -0.314 e. The maximum atomic E-state index is 4.52. The fraction of sp³-hybridized carbons (Fsp3) is 0.824. The number of aryl methyl sites for hydroxylation is 3. The molecule has 0 radical (unpaired) electrons. The molecule has 1 aliphatic rings. The molecule has 0 amide bonds. The van der Waals surface area contributed by atoms with Crippen molar-refractivity contribution in [2.75, 3.05) is 26.2 Å². The third-order valence-corrected chi connectivity index (χ3v) is 4.81. The maximum absolute atomic E-state index is 4.52. The molecule has 2 unspecified atom stereocenters. The lowest BCUT2D eigenvalue weighted by Crippen LogP contribution is -2.44. The van der Waals surface area contributed by atoms with E-state index in [0.29, 0.717) is 6.04 Å². The maximum Gasteiger partial charge on any atom is 0.0596 e. The zero-order chi connectivity index (χ0) is 15.2. The number of likely N-dealkylation sites (tertiary alicyclic amines) is 1.